The number of aromatic amines is 1. The average molecular weight is 402 g/mol. The number of rotatable bonds is 6. The van der Waals surface area contributed by atoms with E-state index in [0.29, 0.717) is 11.1 Å². The van der Waals surface area contributed by atoms with Crippen LogP contribution in [0.15, 0.2) is 36.7 Å². The third kappa shape index (κ3) is 5.18. The molecule has 0 saturated heterocycles. The van der Waals surface area contributed by atoms with Crippen LogP contribution < -0.4 is 10.8 Å². The molecular weight excluding hydrogens is 382 g/mol. The number of halogens is 2. The minimum absolute atomic E-state index is 0.0131. The summed E-state index contributed by atoms with van der Waals surface area (Å²) in [6, 6.07) is 6.79. The van der Waals surface area contributed by atoms with E-state index >= 15 is 0 Å². The maximum atomic E-state index is 13.2. The van der Waals surface area contributed by atoms with Crippen molar-refractivity contribution < 1.29 is 23.9 Å². The number of alkyl halides is 2. The highest BCUT2D eigenvalue weighted by Gasteiger charge is 2.54. The molecule has 1 aromatic carbocycles. The van der Waals surface area contributed by atoms with Gasteiger partial charge in [0.15, 0.2) is 0 Å². The number of hydrogen-bond donors (Lipinski definition) is 5. The predicted molar refractivity (Wildman–Crippen MR) is 101 cm³/mol. The van der Waals surface area contributed by atoms with Gasteiger partial charge in [-0.15, -0.1) is 0 Å². The largest absolute Gasteiger partial charge is 0.382 e. The van der Waals surface area contributed by atoms with Crippen molar-refractivity contribution in [1.82, 2.24) is 21.0 Å². The van der Waals surface area contributed by atoms with Crippen LogP contribution in [0, 0.1) is 23.7 Å². The summed E-state index contributed by atoms with van der Waals surface area (Å²) < 4.78 is 26.5. The molecule has 0 aliphatic heterocycles. The van der Waals surface area contributed by atoms with E-state index in [1.54, 1.807) is 36.7 Å². The monoisotopic (exact) mass is 402 g/mol. The van der Waals surface area contributed by atoms with E-state index in [0.717, 1.165) is 19.4 Å². The Morgan fingerprint density at radius 3 is 2.34 bits per heavy atom. The van der Waals surface area contributed by atoms with Crippen molar-refractivity contribution in [2.24, 2.45) is 0 Å². The number of benzene rings is 1. The summed E-state index contributed by atoms with van der Waals surface area (Å²) in [7, 11) is 0. The standard InChI is InChI=1S/C20H20F2N4O3/c1-19(18(27)26-29,20(2,28)17(21)22)23-11-15-9-7-14(8-10-15)5-3-4-6-16-12-24-25-13-16/h7-10,12-13,17,23,28-29H,11H2,1-2H3,(H,24,25)(H,26,27). The first-order valence-corrected chi connectivity index (χ1v) is 8.50. The van der Waals surface area contributed by atoms with Crippen molar-refractivity contribution in [3.63, 3.8) is 0 Å². The third-order valence-corrected chi connectivity index (χ3v) is 4.57. The van der Waals surface area contributed by atoms with Crippen LogP contribution in [0.25, 0.3) is 0 Å². The lowest BCUT2D eigenvalue weighted by atomic mass is 9.81. The molecule has 0 fully saturated rings. The van der Waals surface area contributed by atoms with Crippen LogP contribution in [0.4, 0.5) is 8.78 Å². The van der Waals surface area contributed by atoms with Gasteiger partial charge in [0.2, 0.25) is 0 Å². The van der Waals surface area contributed by atoms with E-state index in [4.69, 9.17) is 5.21 Å². The van der Waals surface area contributed by atoms with Crippen molar-refractivity contribution >= 4 is 5.91 Å². The summed E-state index contributed by atoms with van der Waals surface area (Å²) in [5, 5.41) is 28.0. The molecule has 152 valence electrons. The highest BCUT2D eigenvalue weighted by Crippen LogP contribution is 2.29. The number of H-pyrrole nitrogens is 1. The Labute approximate surface area is 166 Å². The van der Waals surface area contributed by atoms with Gasteiger partial charge in [-0.05, 0) is 49.3 Å². The van der Waals surface area contributed by atoms with Gasteiger partial charge in [0.25, 0.3) is 12.3 Å². The number of hydroxylamine groups is 1. The number of hydrogen-bond acceptors (Lipinski definition) is 5. The van der Waals surface area contributed by atoms with Crippen molar-refractivity contribution in [1.29, 1.82) is 0 Å². The molecule has 5 N–H and O–H groups in total. The molecule has 0 spiro atoms. The zero-order chi connectivity index (χ0) is 21.5. The Balaban J connectivity index is 2.07. The molecule has 2 aromatic rings. The molecule has 9 heteroatoms. The second-order valence-electron chi connectivity index (χ2n) is 6.55. The summed E-state index contributed by atoms with van der Waals surface area (Å²) in [6.07, 6.45) is -0.00236. The number of aliphatic hydroxyl groups is 1. The van der Waals surface area contributed by atoms with E-state index in [1.807, 2.05) is 0 Å². The summed E-state index contributed by atoms with van der Waals surface area (Å²) >= 11 is 0. The zero-order valence-electron chi connectivity index (χ0n) is 15.8. The highest BCUT2D eigenvalue weighted by molar-refractivity contribution is 5.86. The molecule has 0 radical (unpaired) electrons. The molecule has 0 bridgehead atoms. The Morgan fingerprint density at radius 1 is 1.21 bits per heavy atom. The lowest BCUT2D eigenvalue weighted by Gasteiger charge is -2.40. The number of carbonyl (C=O) groups is 1. The number of nitrogens with one attached hydrogen (secondary N) is 3. The van der Waals surface area contributed by atoms with Crippen LogP contribution >= 0.6 is 0 Å². The third-order valence-electron chi connectivity index (χ3n) is 4.57. The minimum Gasteiger partial charge on any atom is -0.382 e. The molecule has 2 unspecified atom stereocenters. The molecule has 0 aliphatic rings. The number of aromatic nitrogens is 2. The molecule has 0 saturated carbocycles. The maximum Gasteiger partial charge on any atom is 0.268 e. The van der Waals surface area contributed by atoms with Gasteiger partial charge in [-0.25, -0.2) is 14.3 Å². The average Bonchev–Trinajstić information content (AvgIpc) is 3.22. The first-order chi connectivity index (χ1) is 13.7. The van der Waals surface area contributed by atoms with Crippen molar-refractivity contribution in [3.05, 3.63) is 53.3 Å². The van der Waals surface area contributed by atoms with Crippen molar-refractivity contribution in [3.8, 4) is 23.7 Å². The van der Waals surface area contributed by atoms with Gasteiger partial charge in [0.1, 0.15) is 11.1 Å². The van der Waals surface area contributed by atoms with E-state index in [-0.39, 0.29) is 6.54 Å². The summed E-state index contributed by atoms with van der Waals surface area (Å²) in [6.45, 7) is 1.90. The molecule has 1 heterocycles. The van der Waals surface area contributed by atoms with Crippen LogP contribution in [-0.4, -0.2) is 44.0 Å². The fraction of sp³-hybridized carbons (Fsp3) is 0.300. The number of amides is 1. The van der Waals surface area contributed by atoms with Crippen LogP contribution in [0.3, 0.4) is 0 Å². The Bertz CT molecular complexity index is 952. The topological polar surface area (TPSA) is 110 Å². The van der Waals surface area contributed by atoms with Gasteiger partial charge in [-0.3, -0.25) is 20.4 Å². The van der Waals surface area contributed by atoms with Gasteiger partial charge in [0.05, 0.1) is 11.8 Å². The van der Waals surface area contributed by atoms with Gasteiger partial charge >= 0.3 is 0 Å². The van der Waals surface area contributed by atoms with Gasteiger partial charge in [-0.1, -0.05) is 18.1 Å². The van der Waals surface area contributed by atoms with E-state index in [2.05, 4.69) is 39.2 Å². The second kappa shape index (κ2) is 9.30. The fourth-order valence-electron chi connectivity index (χ4n) is 2.33. The molecule has 2 atom stereocenters. The SMILES string of the molecule is CC(NCc1ccc(C#CC#Cc2cn[nH]c2)cc1)(C(=O)NO)C(C)(O)C(F)F. The number of carbonyl (C=O) groups excluding carboxylic acids is 1. The molecule has 2 rings (SSSR count). The lowest BCUT2D eigenvalue weighted by Crippen LogP contribution is -2.69. The quantitative estimate of drug-likeness (QED) is 0.283. The molecular formula is C20H20F2N4O3. The van der Waals surface area contributed by atoms with Crippen molar-refractivity contribution in [2.45, 2.75) is 38.0 Å². The second-order valence-corrected chi connectivity index (χ2v) is 6.55. The van der Waals surface area contributed by atoms with Crippen molar-refractivity contribution in [2.75, 3.05) is 0 Å². The molecule has 1 aromatic heterocycles. The van der Waals surface area contributed by atoms with E-state index in [1.165, 1.54) is 5.48 Å². The molecule has 1 amide bonds. The Kier molecular flexibility index (Phi) is 7.08. The lowest BCUT2D eigenvalue weighted by molar-refractivity contribution is -0.167. The van der Waals surface area contributed by atoms with Crippen LogP contribution in [0.5, 0.6) is 0 Å². The smallest absolute Gasteiger partial charge is 0.268 e. The maximum absolute atomic E-state index is 13.2. The summed E-state index contributed by atoms with van der Waals surface area (Å²) in [5.74, 6) is 9.89. The van der Waals surface area contributed by atoms with Gasteiger partial charge in [-0.2, -0.15) is 5.10 Å². The van der Waals surface area contributed by atoms with Gasteiger partial charge < -0.3 is 5.11 Å². The summed E-state index contributed by atoms with van der Waals surface area (Å²) in [4.78, 5) is 11.9. The van der Waals surface area contributed by atoms with E-state index in [9.17, 15) is 18.7 Å². The van der Waals surface area contributed by atoms with Gasteiger partial charge in [0, 0.05) is 18.3 Å². The minimum atomic E-state index is -3.22. The fourth-order valence-corrected chi connectivity index (χ4v) is 2.33. The number of nitrogens with zero attached hydrogens (tertiary/aromatic N) is 1. The predicted octanol–water partition coefficient (Wildman–Crippen LogP) is 1.18. The summed E-state index contributed by atoms with van der Waals surface area (Å²) in [5.41, 5.74) is -1.49. The van der Waals surface area contributed by atoms with Crippen LogP contribution in [0.1, 0.15) is 30.5 Å². The molecule has 0 aliphatic carbocycles. The highest BCUT2D eigenvalue weighted by atomic mass is 19.3. The zero-order valence-corrected chi connectivity index (χ0v) is 15.8. The first kappa shape index (κ1) is 22.1. The Morgan fingerprint density at radius 2 is 1.83 bits per heavy atom. The molecule has 29 heavy (non-hydrogen) atoms. The first-order valence-electron chi connectivity index (χ1n) is 8.50. The van der Waals surface area contributed by atoms with Crippen LogP contribution in [-0.2, 0) is 11.3 Å². The van der Waals surface area contributed by atoms with E-state index < -0.39 is 23.5 Å². The normalized spacial score (nSPS) is 14.6. The van der Waals surface area contributed by atoms with Crippen LogP contribution in [0.2, 0.25) is 0 Å². The molecule has 7 nitrogen and oxygen atoms in total. The Hall–Kier alpha value is -3.24.